The number of benzene rings is 1. The molecule has 0 unspecified atom stereocenters. The van der Waals surface area contributed by atoms with Gasteiger partial charge in [0.1, 0.15) is 11.6 Å². The summed E-state index contributed by atoms with van der Waals surface area (Å²) in [6.45, 7) is 2.75. The van der Waals surface area contributed by atoms with Crippen molar-refractivity contribution in [3.8, 4) is 5.75 Å². The van der Waals surface area contributed by atoms with Gasteiger partial charge in [0.25, 0.3) is 0 Å². The third-order valence-electron chi connectivity index (χ3n) is 3.11. The summed E-state index contributed by atoms with van der Waals surface area (Å²) in [5.41, 5.74) is 1.07. The van der Waals surface area contributed by atoms with Crippen molar-refractivity contribution in [2.75, 3.05) is 0 Å². The molecule has 0 saturated carbocycles. The molecule has 5 nitrogen and oxygen atoms in total. The van der Waals surface area contributed by atoms with Gasteiger partial charge in [-0.05, 0) is 30.5 Å². The molecule has 1 aromatic heterocycles. The summed E-state index contributed by atoms with van der Waals surface area (Å²) in [5.74, 6) is 1.09. The molecule has 1 N–H and O–H groups in total. The molecular formula is C14H19N3O2. The van der Waals surface area contributed by atoms with Crippen LogP contribution in [0.3, 0.4) is 0 Å². The summed E-state index contributed by atoms with van der Waals surface area (Å²) in [6.07, 6.45) is 2.44. The predicted octanol–water partition coefficient (Wildman–Crippen LogP) is 1.48. The number of phenolic OH excluding ortho intramolecular Hbond substituents is 1. The van der Waals surface area contributed by atoms with E-state index in [-0.39, 0.29) is 11.4 Å². The van der Waals surface area contributed by atoms with Gasteiger partial charge in [0, 0.05) is 20.0 Å². The molecule has 0 radical (unpaired) electrons. The van der Waals surface area contributed by atoms with Gasteiger partial charge in [-0.2, -0.15) is 5.10 Å². The molecule has 0 amide bonds. The highest BCUT2D eigenvalue weighted by molar-refractivity contribution is 5.26. The van der Waals surface area contributed by atoms with Crippen molar-refractivity contribution in [3.05, 3.63) is 46.1 Å². The predicted molar refractivity (Wildman–Crippen MR) is 73.3 cm³/mol. The Morgan fingerprint density at radius 3 is 2.53 bits per heavy atom. The van der Waals surface area contributed by atoms with Crippen molar-refractivity contribution in [2.24, 2.45) is 7.05 Å². The number of rotatable bonds is 5. The fourth-order valence-corrected chi connectivity index (χ4v) is 2.11. The van der Waals surface area contributed by atoms with Gasteiger partial charge in [-0.15, -0.1) is 0 Å². The van der Waals surface area contributed by atoms with E-state index < -0.39 is 0 Å². The maximum atomic E-state index is 11.9. The van der Waals surface area contributed by atoms with E-state index in [0.717, 1.165) is 30.7 Å². The van der Waals surface area contributed by atoms with E-state index in [2.05, 4.69) is 5.10 Å². The number of hydrogen-bond acceptors (Lipinski definition) is 3. The van der Waals surface area contributed by atoms with Gasteiger partial charge in [-0.3, -0.25) is 4.57 Å². The van der Waals surface area contributed by atoms with E-state index in [1.807, 2.05) is 19.1 Å². The molecule has 0 aliphatic rings. The van der Waals surface area contributed by atoms with Crippen molar-refractivity contribution in [1.82, 2.24) is 14.3 Å². The molecule has 19 heavy (non-hydrogen) atoms. The van der Waals surface area contributed by atoms with Crippen LogP contribution < -0.4 is 5.69 Å². The average molecular weight is 261 g/mol. The van der Waals surface area contributed by atoms with Crippen LogP contribution in [-0.2, 0) is 26.4 Å². The molecule has 5 heteroatoms. The lowest BCUT2D eigenvalue weighted by atomic mass is 10.1. The maximum Gasteiger partial charge on any atom is 0.345 e. The summed E-state index contributed by atoms with van der Waals surface area (Å²) < 4.78 is 3.13. The minimum Gasteiger partial charge on any atom is -0.508 e. The molecule has 1 aromatic carbocycles. The minimum atomic E-state index is -0.0532. The van der Waals surface area contributed by atoms with Gasteiger partial charge in [-0.25, -0.2) is 9.48 Å². The minimum absolute atomic E-state index is 0.0532. The van der Waals surface area contributed by atoms with E-state index >= 15 is 0 Å². The molecule has 0 aliphatic carbocycles. The molecule has 0 aliphatic heterocycles. The first-order chi connectivity index (χ1) is 9.11. The van der Waals surface area contributed by atoms with E-state index in [9.17, 15) is 9.90 Å². The lowest BCUT2D eigenvalue weighted by molar-refractivity contribution is 0.475. The first-order valence-corrected chi connectivity index (χ1v) is 6.52. The highest BCUT2D eigenvalue weighted by Gasteiger charge is 2.10. The molecule has 1 heterocycles. The first kappa shape index (κ1) is 13.4. The number of phenols is 1. The van der Waals surface area contributed by atoms with Gasteiger partial charge in [0.15, 0.2) is 0 Å². The van der Waals surface area contributed by atoms with Gasteiger partial charge in [0.2, 0.25) is 0 Å². The van der Waals surface area contributed by atoms with E-state index in [1.165, 1.54) is 4.68 Å². The number of aromatic nitrogens is 3. The highest BCUT2D eigenvalue weighted by atomic mass is 16.3. The standard InChI is InChI=1S/C14H19N3O2/c1-3-10-17-13(15-16(2)14(17)19)9-6-11-4-7-12(18)8-5-11/h4-5,7-8,18H,3,6,9-10H2,1-2H3. The largest absolute Gasteiger partial charge is 0.508 e. The van der Waals surface area contributed by atoms with Crippen molar-refractivity contribution in [3.63, 3.8) is 0 Å². The lowest BCUT2D eigenvalue weighted by Gasteiger charge is -2.04. The summed E-state index contributed by atoms with van der Waals surface area (Å²) in [4.78, 5) is 11.9. The Labute approximate surface area is 112 Å². The van der Waals surface area contributed by atoms with Crippen LogP contribution in [0.4, 0.5) is 0 Å². The summed E-state index contributed by atoms with van der Waals surface area (Å²) in [5, 5.41) is 13.5. The molecule has 2 aromatic rings. The Morgan fingerprint density at radius 1 is 1.21 bits per heavy atom. The summed E-state index contributed by atoms with van der Waals surface area (Å²) in [7, 11) is 1.68. The van der Waals surface area contributed by atoms with Crippen LogP contribution in [0.15, 0.2) is 29.1 Å². The summed E-state index contributed by atoms with van der Waals surface area (Å²) in [6, 6.07) is 7.13. The molecule has 0 spiro atoms. The number of aryl methyl sites for hydroxylation is 3. The van der Waals surface area contributed by atoms with Crippen LogP contribution >= 0.6 is 0 Å². The van der Waals surface area contributed by atoms with Crippen molar-refractivity contribution < 1.29 is 5.11 Å². The van der Waals surface area contributed by atoms with Crippen LogP contribution in [0.5, 0.6) is 5.75 Å². The van der Waals surface area contributed by atoms with Gasteiger partial charge in [-0.1, -0.05) is 19.1 Å². The van der Waals surface area contributed by atoms with Crippen LogP contribution in [0.25, 0.3) is 0 Å². The molecular weight excluding hydrogens is 242 g/mol. The van der Waals surface area contributed by atoms with Crippen molar-refractivity contribution >= 4 is 0 Å². The van der Waals surface area contributed by atoms with Crippen LogP contribution in [0.2, 0.25) is 0 Å². The lowest BCUT2D eigenvalue weighted by Crippen LogP contribution is -2.23. The molecule has 2 rings (SSSR count). The second kappa shape index (κ2) is 5.73. The summed E-state index contributed by atoms with van der Waals surface area (Å²) >= 11 is 0. The number of aromatic hydroxyl groups is 1. The Hall–Kier alpha value is -2.04. The third kappa shape index (κ3) is 3.05. The molecule has 0 fully saturated rings. The van der Waals surface area contributed by atoms with Crippen LogP contribution in [0.1, 0.15) is 24.7 Å². The van der Waals surface area contributed by atoms with Crippen LogP contribution in [-0.4, -0.2) is 19.5 Å². The highest BCUT2D eigenvalue weighted by Crippen LogP contribution is 2.11. The fourth-order valence-electron chi connectivity index (χ4n) is 2.11. The van der Waals surface area contributed by atoms with Gasteiger partial charge in [0.05, 0.1) is 0 Å². The normalized spacial score (nSPS) is 10.8. The first-order valence-electron chi connectivity index (χ1n) is 6.52. The van der Waals surface area contributed by atoms with Crippen molar-refractivity contribution in [2.45, 2.75) is 32.7 Å². The quantitative estimate of drug-likeness (QED) is 0.887. The number of hydrogen-bond donors (Lipinski definition) is 1. The zero-order valence-corrected chi connectivity index (χ0v) is 11.3. The molecule has 0 bridgehead atoms. The zero-order valence-electron chi connectivity index (χ0n) is 11.3. The Kier molecular flexibility index (Phi) is 4.04. The van der Waals surface area contributed by atoms with E-state index in [0.29, 0.717) is 6.54 Å². The SMILES string of the molecule is CCCn1c(CCc2ccc(O)cc2)nn(C)c1=O. The molecule has 0 atom stereocenters. The van der Waals surface area contributed by atoms with Gasteiger partial charge < -0.3 is 5.11 Å². The van der Waals surface area contributed by atoms with Crippen LogP contribution in [0, 0.1) is 0 Å². The second-order valence-corrected chi connectivity index (χ2v) is 4.64. The third-order valence-corrected chi connectivity index (χ3v) is 3.11. The maximum absolute atomic E-state index is 11.9. The molecule has 0 saturated heterocycles. The smallest absolute Gasteiger partial charge is 0.345 e. The second-order valence-electron chi connectivity index (χ2n) is 4.64. The monoisotopic (exact) mass is 261 g/mol. The Balaban J connectivity index is 2.13. The van der Waals surface area contributed by atoms with Crippen molar-refractivity contribution in [1.29, 1.82) is 0 Å². The Bertz CT molecular complexity index is 596. The van der Waals surface area contributed by atoms with Gasteiger partial charge >= 0.3 is 5.69 Å². The average Bonchev–Trinajstić information content (AvgIpc) is 2.66. The number of nitrogens with zero attached hydrogens (tertiary/aromatic N) is 3. The topological polar surface area (TPSA) is 60.0 Å². The zero-order chi connectivity index (χ0) is 13.8. The van der Waals surface area contributed by atoms with E-state index in [4.69, 9.17) is 0 Å². The molecule has 102 valence electrons. The Morgan fingerprint density at radius 2 is 1.89 bits per heavy atom. The van der Waals surface area contributed by atoms with E-state index in [1.54, 1.807) is 23.7 Å². The fraction of sp³-hybridized carbons (Fsp3) is 0.429.